The molecule has 1 N–H and O–H groups in total. The number of likely N-dealkylation sites (tertiary alicyclic amines) is 1. The number of piperidine rings is 1. The van der Waals surface area contributed by atoms with E-state index in [1.54, 1.807) is 11.8 Å². The number of benzene rings is 3. The minimum Gasteiger partial charge on any atom is -0.492 e. The van der Waals surface area contributed by atoms with E-state index in [1.165, 1.54) is 11.1 Å². The fraction of sp³-hybridized carbons (Fsp3) is 0.344. The van der Waals surface area contributed by atoms with Crippen molar-refractivity contribution in [2.45, 2.75) is 38.5 Å². The maximum absolute atomic E-state index is 13.7. The average molecular weight is 522 g/mol. The SMILES string of the molecule is Cc1nc(-c2ccc(-c3ccc(C(=O)N4CCc5cc6c(cc54)C4(CC[NH+](C)CC4)CO6)cc3)c(C)c2)no1. The summed E-state index contributed by atoms with van der Waals surface area (Å²) in [7, 11) is 2.27. The molecule has 0 saturated carbocycles. The number of amides is 1. The van der Waals surface area contributed by atoms with Gasteiger partial charge < -0.3 is 19.1 Å². The Labute approximate surface area is 228 Å². The minimum atomic E-state index is 0.0561. The highest BCUT2D eigenvalue weighted by Crippen LogP contribution is 2.48. The van der Waals surface area contributed by atoms with E-state index in [2.05, 4.69) is 48.4 Å². The molecule has 1 fully saturated rings. The van der Waals surface area contributed by atoms with Crippen molar-refractivity contribution in [3.05, 3.63) is 82.7 Å². The van der Waals surface area contributed by atoms with Crippen molar-refractivity contribution in [1.29, 1.82) is 0 Å². The van der Waals surface area contributed by atoms with E-state index in [0.717, 1.165) is 72.6 Å². The van der Waals surface area contributed by atoms with Gasteiger partial charge in [0.15, 0.2) is 0 Å². The van der Waals surface area contributed by atoms with Crippen LogP contribution in [-0.2, 0) is 11.8 Å². The van der Waals surface area contributed by atoms with Crippen LogP contribution < -0.4 is 14.5 Å². The smallest absolute Gasteiger partial charge is 0.258 e. The van der Waals surface area contributed by atoms with Gasteiger partial charge in [-0.05, 0) is 65.9 Å². The second kappa shape index (κ2) is 9.06. The topological polar surface area (TPSA) is 72.9 Å². The van der Waals surface area contributed by atoms with E-state index in [4.69, 9.17) is 9.26 Å². The Balaban J connectivity index is 1.13. The van der Waals surface area contributed by atoms with Gasteiger partial charge in [-0.15, -0.1) is 0 Å². The third-order valence-corrected chi connectivity index (χ3v) is 8.91. The highest BCUT2D eigenvalue weighted by Gasteiger charge is 2.45. The second-order valence-electron chi connectivity index (χ2n) is 11.5. The molecular weight excluding hydrogens is 488 g/mol. The normalized spacial score (nSPS) is 21.6. The number of carbonyl (C=O) groups excluding carboxylic acids is 1. The lowest BCUT2D eigenvalue weighted by Gasteiger charge is -2.34. The Morgan fingerprint density at radius 2 is 1.77 bits per heavy atom. The van der Waals surface area contributed by atoms with E-state index in [0.29, 0.717) is 23.8 Å². The molecule has 0 unspecified atom stereocenters. The zero-order valence-electron chi connectivity index (χ0n) is 22.7. The molecule has 7 heteroatoms. The van der Waals surface area contributed by atoms with Gasteiger partial charge in [0.2, 0.25) is 11.7 Å². The molecule has 1 aromatic heterocycles. The molecule has 0 bridgehead atoms. The number of nitrogens with one attached hydrogen (secondary N) is 1. The molecule has 1 amide bonds. The Hall–Kier alpha value is -3.97. The standard InChI is InChI=1S/C32H32N4O3/c1-20-16-25(30-33-21(2)39-34-30)8-9-26(20)22-4-6-23(7-5-22)31(37)36-13-10-24-17-29-27(18-28(24)36)32(19-38-29)11-14-35(3)15-12-32/h4-9,16-18H,10-15,19H2,1-3H3/p+1. The first-order chi connectivity index (χ1) is 18.9. The zero-order valence-corrected chi connectivity index (χ0v) is 22.7. The van der Waals surface area contributed by atoms with E-state index in [-0.39, 0.29) is 11.3 Å². The predicted octanol–water partition coefficient (Wildman–Crippen LogP) is 4.16. The number of hydrogen-bond donors (Lipinski definition) is 1. The first kappa shape index (κ1) is 24.1. The van der Waals surface area contributed by atoms with Crippen molar-refractivity contribution in [3.63, 3.8) is 0 Å². The monoisotopic (exact) mass is 521 g/mol. The largest absolute Gasteiger partial charge is 0.492 e. The molecule has 0 atom stereocenters. The number of ether oxygens (including phenoxy) is 1. The molecular formula is C32H33N4O3+. The lowest BCUT2D eigenvalue weighted by Crippen LogP contribution is -3.10. The number of carbonyl (C=O) groups is 1. The molecule has 4 heterocycles. The average Bonchev–Trinajstić information content (AvgIpc) is 3.66. The summed E-state index contributed by atoms with van der Waals surface area (Å²) in [4.78, 5) is 21.6. The maximum Gasteiger partial charge on any atom is 0.258 e. The van der Waals surface area contributed by atoms with Crippen LogP contribution in [0.3, 0.4) is 0 Å². The number of hydrogen-bond acceptors (Lipinski definition) is 5. The summed E-state index contributed by atoms with van der Waals surface area (Å²) in [5.41, 5.74) is 8.60. The summed E-state index contributed by atoms with van der Waals surface area (Å²) in [5, 5.41) is 4.02. The lowest BCUT2D eigenvalue weighted by molar-refractivity contribution is -0.886. The summed E-state index contributed by atoms with van der Waals surface area (Å²) in [6, 6.07) is 18.6. The molecule has 3 aromatic carbocycles. The van der Waals surface area contributed by atoms with Crippen LogP contribution in [0.25, 0.3) is 22.5 Å². The molecule has 3 aliphatic heterocycles. The van der Waals surface area contributed by atoms with Gasteiger partial charge in [0.05, 0.1) is 26.7 Å². The third kappa shape index (κ3) is 4.03. The molecule has 3 aliphatic rings. The summed E-state index contributed by atoms with van der Waals surface area (Å²) < 4.78 is 11.3. The van der Waals surface area contributed by atoms with Crippen LogP contribution in [0, 0.1) is 13.8 Å². The van der Waals surface area contributed by atoms with Crippen LogP contribution >= 0.6 is 0 Å². The van der Waals surface area contributed by atoms with Gasteiger partial charge in [0, 0.05) is 54.1 Å². The summed E-state index contributed by atoms with van der Waals surface area (Å²) >= 11 is 0. The quantitative estimate of drug-likeness (QED) is 0.438. The van der Waals surface area contributed by atoms with Crippen LogP contribution in [0.2, 0.25) is 0 Å². The van der Waals surface area contributed by atoms with Gasteiger partial charge in [0.25, 0.3) is 5.91 Å². The van der Waals surface area contributed by atoms with E-state index < -0.39 is 0 Å². The third-order valence-electron chi connectivity index (χ3n) is 8.91. The van der Waals surface area contributed by atoms with Crippen LogP contribution in [0.15, 0.2) is 59.1 Å². The fourth-order valence-corrected chi connectivity index (χ4v) is 6.51. The molecule has 7 rings (SSSR count). The molecule has 0 radical (unpaired) electrons. The lowest BCUT2D eigenvalue weighted by atomic mass is 9.74. The molecule has 7 nitrogen and oxygen atoms in total. The number of aromatic nitrogens is 2. The molecule has 0 aliphatic carbocycles. The Bertz CT molecular complexity index is 1580. The summed E-state index contributed by atoms with van der Waals surface area (Å²) in [6.07, 6.45) is 3.13. The van der Waals surface area contributed by atoms with Gasteiger partial charge in [-0.1, -0.05) is 29.4 Å². The van der Waals surface area contributed by atoms with E-state index >= 15 is 0 Å². The number of fused-ring (bicyclic) bond motifs is 3. The predicted molar refractivity (Wildman–Crippen MR) is 149 cm³/mol. The summed E-state index contributed by atoms with van der Waals surface area (Å²) in [6.45, 7) is 7.65. The second-order valence-corrected chi connectivity index (χ2v) is 11.5. The van der Waals surface area contributed by atoms with Gasteiger partial charge in [-0.2, -0.15) is 4.98 Å². The molecule has 198 valence electrons. The van der Waals surface area contributed by atoms with Gasteiger partial charge >= 0.3 is 0 Å². The van der Waals surface area contributed by atoms with Crippen molar-refractivity contribution in [2.75, 3.05) is 38.2 Å². The number of quaternary nitrogens is 1. The van der Waals surface area contributed by atoms with Crippen LogP contribution in [0.4, 0.5) is 5.69 Å². The van der Waals surface area contributed by atoms with Crippen molar-refractivity contribution in [2.24, 2.45) is 0 Å². The molecule has 39 heavy (non-hydrogen) atoms. The maximum atomic E-state index is 13.7. The van der Waals surface area contributed by atoms with Crippen molar-refractivity contribution in [1.82, 2.24) is 10.1 Å². The van der Waals surface area contributed by atoms with Crippen molar-refractivity contribution < 1.29 is 19.0 Å². The van der Waals surface area contributed by atoms with E-state index in [9.17, 15) is 4.79 Å². The Morgan fingerprint density at radius 1 is 1.00 bits per heavy atom. The first-order valence-corrected chi connectivity index (χ1v) is 13.9. The minimum absolute atomic E-state index is 0.0561. The van der Waals surface area contributed by atoms with Gasteiger partial charge in [-0.3, -0.25) is 4.79 Å². The Kier molecular flexibility index (Phi) is 5.60. The number of anilines is 1. The van der Waals surface area contributed by atoms with Crippen molar-refractivity contribution in [3.8, 4) is 28.3 Å². The van der Waals surface area contributed by atoms with E-state index in [1.807, 2.05) is 35.2 Å². The molecule has 4 aromatic rings. The highest BCUT2D eigenvalue weighted by atomic mass is 16.5. The summed E-state index contributed by atoms with van der Waals surface area (Å²) in [5.74, 6) is 2.23. The Morgan fingerprint density at radius 3 is 2.49 bits per heavy atom. The first-order valence-electron chi connectivity index (χ1n) is 13.9. The molecule has 1 saturated heterocycles. The van der Waals surface area contributed by atoms with Crippen molar-refractivity contribution >= 4 is 11.6 Å². The number of nitrogens with zero attached hydrogens (tertiary/aromatic N) is 3. The van der Waals surface area contributed by atoms with Crippen LogP contribution in [0.5, 0.6) is 5.75 Å². The number of aryl methyl sites for hydroxylation is 2. The molecule has 1 spiro atoms. The van der Waals surface area contributed by atoms with Crippen LogP contribution in [0.1, 0.15) is 45.8 Å². The van der Waals surface area contributed by atoms with Gasteiger partial charge in [-0.25, -0.2) is 0 Å². The highest BCUT2D eigenvalue weighted by molar-refractivity contribution is 6.07. The zero-order chi connectivity index (χ0) is 26.7. The number of rotatable bonds is 3. The van der Waals surface area contributed by atoms with Crippen LogP contribution in [-0.4, -0.2) is 49.3 Å². The fourth-order valence-electron chi connectivity index (χ4n) is 6.51. The van der Waals surface area contributed by atoms with Gasteiger partial charge in [0.1, 0.15) is 5.75 Å².